The van der Waals surface area contributed by atoms with E-state index in [-0.39, 0.29) is 5.41 Å². The third-order valence-electron chi connectivity index (χ3n) is 3.49. The average Bonchev–Trinajstić information content (AvgIpc) is 2.71. The highest BCUT2D eigenvalue weighted by atomic mass is 16.3. The van der Waals surface area contributed by atoms with Gasteiger partial charge in [-0.15, -0.1) is 0 Å². The van der Waals surface area contributed by atoms with Crippen LogP contribution in [0.15, 0.2) is 22.6 Å². The fourth-order valence-corrected chi connectivity index (χ4v) is 2.20. The molecular formula is C15H22N2O. The molecule has 0 aliphatic heterocycles. The van der Waals surface area contributed by atoms with Crippen molar-refractivity contribution in [3.05, 3.63) is 29.7 Å². The van der Waals surface area contributed by atoms with Crippen LogP contribution in [0.5, 0.6) is 0 Å². The van der Waals surface area contributed by atoms with E-state index >= 15 is 0 Å². The van der Waals surface area contributed by atoms with E-state index < -0.39 is 0 Å². The molecule has 1 aromatic carbocycles. The van der Waals surface area contributed by atoms with E-state index in [2.05, 4.69) is 31.8 Å². The summed E-state index contributed by atoms with van der Waals surface area (Å²) in [6.07, 6.45) is 2.96. The third-order valence-corrected chi connectivity index (χ3v) is 3.49. The lowest BCUT2D eigenvalue weighted by atomic mass is 9.84. The number of hydrogen-bond acceptors (Lipinski definition) is 3. The zero-order chi connectivity index (χ0) is 13.2. The van der Waals surface area contributed by atoms with Gasteiger partial charge in [-0.1, -0.05) is 26.0 Å². The number of fused-ring (bicyclic) bond motifs is 1. The molecule has 0 bridgehead atoms. The Hall–Kier alpha value is -1.35. The van der Waals surface area contributed by atoms with Crippen LogP contribution in [0, 0.1) is 12.3 Å². The Morgan fingerprint density at radius 1 is 1.28 bits per heavy atom. The molecule has 0 amide bonds. The van der Waals surface area contributed by atoms with E-state index in [1.807, 2.05) is 12.1 Å². The van der Waals surface area contributed by atoms with E-state index in [0.29, 0.717) is 0 Å². The minimum absolute atomic E-state index is 0.254. The van der Waals surface area contributed by atoms with Gasteiger partial charge in [0.25, 0.3) is 0 Å². The topological polar surface area (TPSA) is 52.0 Å². The molecule has 0 fully saturated rings. The number of benzene rings is 1. The molecular weight excluding hydrogens is 224 g/mol. The normalized spacial score (nSPS) is 12.2. The lowest BCUT2D eigenvalue weighted by Crippen LogP contribution is -2.17. The summed E-state index contributed by atoms with van der Waals surface area (Å²) in [6.45, 7) is 7.27. The molecule has 0 saturated heterocycles. The molecule has 3 heteroatoms. The van der Waals surface area contributed by atoms with Gasteiger partial charge in [0, 0.05) is 6.42 Å². The molecule has 0 aliphatic carbocycles. The number of rotatable bonds is 5. The maximum Gasteiger partial charge on any atom is 0.195 e. The van der Waals surface area contributed by atoms with Crippen LogP contribution in [0.3, 0.4) is 0 Å². The highest BCUT2D eigenvalue weighted by Gasteiger charge is 2.18. The fourth-order valence-electron chi connectivity index (χ4n) is 2.20. The highest BCUT2D eigenvalue weighted by Crippen LogP contribution is 2.27. The summed E-state index contributed by atoms with van der Waals surface area (Å²) < 4.78 is 5.83. The number of nitrogens with two attached hydrogens (primary N) is 1. The molecule has 2 aromatic rings. The van der Waals surface area contributed by atoms with Crippen LogP contribution in [0.1, 0.15) is 38.1 Å². The molecule has 18 heavy (non-hydrogen) atoms. The van der Waals surface area contributed by atoms with Crippen molar-refractivity contribution in [2.45, 2.75) is 40.0 Å². The van der Waals surface area contributed by atoms with Gasteiger partial charge < -0.3 is 10.2 Å². The van der Waals surface area contributed by atoms with Gasteiger partial charge in [-0.3, -0.25) is 0 Å². The van der Waals surface area contributed by atoms with Crippen LogP contribution in [0.25, 0.3) is 11.1 Å². The summed E-state index contributed by atoms with van der Waals surface area (Å²) in [5, 5.41) is 0. The van der Waals surface area contributed by atoms with E-state index in [1.54, 1.807) is 0 Å². The van der Waals surface area contributed by atoms with Crippen molar-refractivity contribution in [2.24, 2.45) is 11.1 Å². The SMILES string of the molecule is Cc1cccc2nc(CCC(C)(C)CCN)oc12. The molecule has 0 atom stereocenters. The minimum Gasteiger partial charge on any atom is -0.440 e. The number of oxazole rings is 1. The Labute approximate surface area is 108 Å². The summed E-state index contributed by atoms with van der Waals surface area (Å²) in [4.78, 5) is 4.54. The summed E-state index contributed by atoms with van der Waals surface area (Å²) in [6, 6.07) is 6.07. The molecule has 2 rings (SSSR count). The van der Waals surface area contributed by atoms with Crippen LogP contribution >= 0.6 is 0 Å². The van der Waals surface area contributed by atoms with Crippen LogP contribution in [-0.4, -0.2) is 11.5 Å². The second-order valence-corrected chi connectivity index (χ2v) is 5.73. The Morgan fingerprint density at radius 3 is 2.72 bits per heavy atom. The molecule has 0 saturated carbocycles. The fraction of sp³-hybridized carbons (Fsp3) is 0.533. The first-order valence-electron chi connectivity index (χ1n) is 6.57. The molecule has 1 heterocycles. The Bertz CT molecular complexity index is 528. The minimum atomic E-state index is 0.254. The lowest BCUT2D eigenvalue weighted by molar-refractivity contribution is 0.302. The van der Waals surface area contributed by atoms with Crippen LogP contribution < -0.4 is 5.73 Å². The van der Waals surface area contributed by atoms with Crippen molar-refractivity contribution in [3.8, 4) is 0 Å². The second-order valence-electron chi connectivity index (χ2n) is 5.73. The van der Waals surface area contributed by atoms with Gasteiger partial charge in [0.2, 0.25) is 0 Å². The van der Waals surface area contributed by atoms with E-state index in [1.165, 1.54) is 0 Å². The maximum absolute atomic E-state index is 5.83. The molecule has 0 unspecified atom stereocenters. The molecule has 0 aliphatic rings. The zero-order valence-electron chi connectivity index (χ0n) is 11.5. The molecule has 0 spiro atoms. The average molecular weight is 246 g/mol. The number of aromatic nitrogens is 1. The smallest absolute Gasteiger partial charge is 0.195 e. The van der Waals surface area contributed by atoms with Gasteiger partial charge in [0.15, 0.2) is 11.5 Å². The third kappa shape index (κ3) is 2.91. The largest absolute Gasteiger partial charge is 0.440 e. The van der Waals surface area contributed by atoms with Gasteiger partial charge in [0.05, 0.1) is 0 Å². The second kappa shape index (κ2) is 5.11. The Balaban J connectivity index is 2.11. The van der Waals surface area contributed by atoms with Crippen LogP contribution in [-0.2, 0) is 6.42 Å². The molecule has 98 valence electrons. The van der Waals surface area contributed by atoms with Gasteiger partial charge in [-0.2, -0.15) is 0 Å². The van der Waals surface area contributed by atoms with E-state index in [0.717, 1.165) is 48.4 Å². The van der Waals surface area contributed by atoms with E-state index in [9.17, 15) is 0 Å². The van der Waals surface area contributed by atoms with Gasteiger partial charge in [-0.05, 0) is 43.4 Å². The Morgan fingerprint density at radius 2 is 2.06 bits per heavy atom. The number of hydrogen-bond donors (Lipinski definition) is 1. The van der Waals surface area contributed by atoms with Crippen molar-refractivity contribution < 1.29 is 4.42 Å². The summed E-state index contributed by atoms with van der Waals surface area (Å²) in [5.74, 6) is 0.837. The lowest BCUT2D eigenvalue weighted by Gasteiger charge is -2.22. The van der Waals surface area contributed by atoms with Crippen molar-refractivity contribution in [1.29, 1.82) is 0 Å². The standard InChI is InChI=1S/C15H22N2O/c1-11-5-4-6-12-14(11)18-13(17-12)7-8-15(2,3)9-10-16/h4-6H,7-10,16H2,1-3H3. The molecule has 1 aromatic heterocycles. The van der Waals surface area contributed by atoms with Crippen molar-refractivity contribution in [2.75, 3.05) is 6.54 Å². The molecule has 0 radical (unpaired) electrons. The molecule has 2 N–H and O–H groups in total. The van der Waals surface area contributed by atoms with Gasteiger partial charge in [0.1, 0.15) is 5.52 Å². The predicted octanol–water partition coefficient (Wildman–Crippen LogP) is 3.44. The first-order chi connectivity index (χ1) is 8.52. The zero-order valence-corrected chi connectivity index (χ0v) is 11.5. The Kier molecular flexibility index (Phi) is 3.71. The first-order valence-corrected chi connectivity index (χ1v) is 6.57. The maximum atomic E-state index is 5.83. The summed E-state index contributed by atoms with van der Waals surface area (Å²) in [5.41, 5.74) is 8.91. The number of aryl methyl sites for hydroxylation is 2. The van der Waals surface area contributed by atoms with Crippen LogP contribution in [0.4, 0.5) is 0 Å². The van der Waals surface area contributed by atoms with E-state index in [4.69, 9.17) is 10.2 Å². The monoisotopic (exact) mass is 246 g/mol. The number of nitrogens with zero attached hydrogens (tertiary/aromatic N) is 1. The van der Waals surface area contributed by atoms with Crippen molar-refractivity contribution in [3.63, 3.8) is 0 Å². The predicted molar refractivity (Wildman–Crippen MR) is 74.5 cm³/mol. The first kappa shape index (κ1) is 13.1. The molecule has 3 nitrogen and oxygen atoms in total. The summed E-state index contributed by atoms with van der Waals surface area (Å²) in [7, 11) is 0. The van der Waals surface area contributed by atoms with Crippen LogP contribution in [0.2, 0.25) is 0 Å². The van der Waals surface area contributed by atoms with Crippen molar-refractivity contribution >= 4 is 11.1 Å². The quantitative estimate of drug-likeness (QED) is 0.879. The number of para-hydroxylation sites is 1. The van der Waals surface area contributed by atoms with Gasteiger partial charge >= 0.3 is 0 Å². The highest BCUT2D eigenvalue weighted by molar-refractivity contribution is 5.75. The van der Waals surface area contributed by atoms with Gasteiger partial charge in [-0.25, -0.2) is 4.98 Å². The van der Waals surface area contributed by atoms with Crippen molar-refractivity contribution in [1.82, 2.24) is 4.98 Å². The summed E-state index contributed by atoms with van der Waals surface area (Å²) >= 11 is 0.